The van der Waals surface area contributed by atoms with Gasteiger partial charge >= 0.3 is 0 Å². The van der Waals surface area contributed by atoms with Gasteiger partial charge in [0.2, 0.25) is 0 Å². The zero-order valence-corrected chi connectivity index (χ0v) is 13.4. The third-order valence-corrected chi connectivity index (χ3v) is 4.17. The summed E-state index contributed by atoms with van der Waals surface area (Å²) in [6.07, 6.45) is 1.75. The van der Waals surface area contributed by atoms with Gasteiger partial charge in [-0.2, -0.15) is 5.10 Å². The minimum atomic E-state index is 0.702. The van der Waals surface area contributed by atoms with Gasteiger partial charge in [0.15, 0.2) is 0 Å². The van der Waals surface area contributed by atoms with E-state index in [0.29, 0.717) is 6.54 Å². The second-order valence-electron chi connectivity index (χ2n) is 4.64. The SMILES string of the molecule is Clc1ccc(Br)c(CNc2cccc(-c3ccn[nH]3)c2)c1. The topological polar surface area (TPSA) is 40.7 Å². The average molecular weight is 363 g/mol. The number of aromatic amines is 1. The summed E-state index contributed by atoms with van der Waals surface area (Å²) in [6, 6.07) is 15.9. The summed E-state index contributed by atoms with van der Waals surface area (Å²) in [4.78, 5) is 0. The first-order valence-electron chi connectivity index (χ1n) is 6.50. The number of nitrogens with one attached hydrogen (secondary N) is 2. The number of hydrogen-bond donors (Lipinski definition) is 2. The summed E-state index contributed by atoms with van der Waals surface area (Å²) in [5.41, 5.74) is 4.27. The summed E-state index contributed by atoms with van der Waals surface area (Å²) >= 11 is 9.57. The van der Waals surface area contributed by atoms with E-state index in [9.17, 15) is 0 Å². The Labute approximate surface area is 136 Å². The van der Waals surface area contributed by atoms with E-state index in [1.165, 1.54) is 0 Å². The van der Waals surface area contributed by atoms with Crippen LogP contribution >= 0.6 is 27.5 Å². The minimum Gasteiger partial charge on any atom is -0.381 e. The molecule has 0 spiro atoms. The minimum absolute atomic E-state index is 0.702. The molecule has 0 unspecified atom stereocenters. The largest absolute Gasteiger partial charge is 0.381 e. The van der Waals surface area contributed by atoms with Gasteiger partial charge in [-0.1, -0.05) is 39.7 Å². The van der Waals surface area contributed by atoms with Crippen LogP contribution in [0.3, 0.4) is 0 Å². The highest BCUT2D eigenvalue weighted by Crippen LogP contribution is 2.24. The van der Waals surface area contributed by atoms with E-state index in [1.807, 2.05) is 42.5 Å². The molecule has 0 amide bonds. The Bertz CT molecular complexity index is 741. The lowest BCUT2D eigenvalue weighted by Crippen LogP contribution is -2.00. The Morgan fingerprint density at radius 1 is 1.14 bits per heavy atom. The molecule has 3 rings (SSSR count). The normalized spacial score (nSPS) is 10.6. The van der Waals surface area contributed by atoms with E-state index in [-0.39, 0.29) is 0 Å². The van der Waals surface area contributed by atoms with Crippen LogP contribution in [0.1, 0.15) is 5.56 Å². The van der Waals surface area contributed by atoms with Gasteiger partial charge in [0.05, 0.1) is 5.69 Å². The lowest BCUT2D eigenvalue weighted by Gasteiger charge is -2.10. The second-order valence-corrected chi connectivity index (χ2v) is 5.93. The van der Waals surface area contributed by atoms with E-state index in [2.05, 4.69) is 37.5 Å². The van der Waals surface area contributed by atoms with Crippen LogP contribution in [-0.4, -0.2) is 10.2 Å². The number of anilines is 1. The van der Waals surface area contributed by atoms with E-state index in [1.54, 1.807) is 6.20 Å². The number of benzene rings is 2. The molecule has 0 bridgehead atoms. The van der Waals surface area contributed by atoms with Crippen molar-refractivity contribution in [2.24, 2.45) is 0 Å². The zero-order valence-electron chi connectivity index (χ0n) is 11.1. The van der Waals surface area contributed by atoms with Crippen molar-refractivity contribution in [2.45, 2.75) is 6.54 Å². The molecule has 0 aliphatic carbocycles. The molecule has 3 aromatic rings. The van der Waals surface area contributed by atoms with E-state index < -0.39 is 0 Å². The number of rotatable bonds is 4. The number of H-pyrrole nitrogens is 1. The van der Waals surface area contributed by atoms with Crippen molar-refractivity contribution >= 4 is 33.2 Å². The average Bonchev–Trinajstić information content (AvgIpc) is 3.03. The molecule has 0 aliphatic rings. The van der Waals surface area contributed by atoms with Crippen molar-refractivity contribution in [3.63, 3.8) is 0 Å². The van der Waals surface area contributed by atoms with Crippen LogP contribution in [0.15, 0.2) is 59.2 Å². The molecule has 5 heteroatoms. The van der Waals surface area contributed by atoms with Crippen molar-refractivity contribution in [2.75, 3.05) is 5.32 Å². The number of halogens is 2. The lowest BCUT2D eigenvalue weighted by molar-refractivity contribution is 1.09. The van der Waals surface area contributed by atoms with Crippen LogP contribution in [0.4, 0.5) is 5.69 Å². The molecule has 0 saturated heterocycles. The van der Waals surface area contributed by atoms with Crippen molar-refractivity contribution < 1.29 is 0 Å². The summed E-state index contributed by atoms with van der Waals surface area (Å²) in [5, 5.41) is 11.1. The van der Waals surface area contributed by atoms with Crippen LogP contribution in [0.2, 0.25) is 5.02 Å². The van der Waals surface area contributed by atoms with Gasteiger partial charge in [0.25, 0.3) is 0 Å². The zero-order chi connectivity index (χ0) is 14.7. The fourth-order valence-electron chi connectivity index (χ4n) is 2.09. The first kappa shape index (κ1) is 14.2. The van der Waals surface area contributed by atoms with Gasteiger partial charge in [0.1, 0.15) is 0 Å². The Balaban J connectivity index is 1.76. The lowest BCUT2D eigenvalue weighted by atomic mass is 10.1. The Morgan fingerprint density at radius 3 is 2.86 bits per heavy atom. The fourth-order valence-corrected chi connectivity index (χ4v) is 2.67. The fraction of sp³-hybridized carbons (Fsp3) is 0.0625. The Kier molecular flexibility index (Phi) is 4.27. The smallest absolute Gasteiger partial charge is 0.0650 e. The molecule has 3 nitrogen and oxygen atoms in total. The van der Waals surface area contributed by atoms with Gasteiger partial charge < -0.3 is 5.32 Å². The highest BCUT2D eigenvalue weighted by molar-refractivity contribution is 9.10. The van der Waals surface area contributed by atoms with Gasteiger partial charge in [-0.25, -0.2) is 0 Å². The van der Waals surface area contributed by atoms with Crippen molar-refractivity contribution in [1.29, 1.82) is 0 Å². The van der Waals surface area contributed by atoms with E-state index >= 15 is 0 Å². The van der Waals surface area contributed by atoms with Crippen molar-refractivity contribution in [1.82, 2.24) is 10.2 Å². The monoisotopic (exact) mass is 361 g/mol. The summed E-state index contributed by atoms with van der Waals surface area (Å²) in [7, 11) is 0. The van der Waals surface area contributed by atoms with E-state index in [0.717, 1.165) is 32.0 Å². The second kappa shape index (κ2) is 6.33. The van der Waals surface area contributed by atoms with Crippen LogP contribution in [0, 0.1) is 0 Å². The quantitative estimate of drug-likeness (QED) is 0.677. The number of aromatic nitrogens is 2. The molecule has 0 radical (unpaired) electrons. The van der Waals surface area contributed by atoms with Crippen LogP contribution < -0.4 is 5.32 Å². The molecule has 106 valence electrons. The Hall–Kier alpha value is -1.78. The van der Waals surface area contributed by atoms with Gasteiger partial charge in [0, 0.05) is 33.5 Å². The van der Waals surface area contributed by atoms with Crippen LogP contribution in [-0.2, 0) is 6.54 Å². The summed E-state index contributed by atoms with van der Waals surface area (Å²) in [5.74, 6) is 0. The number of hydrogen-bond acceptors (Lipinski definition) is 2. The summed E-state index contributed by atoms with van der Waals surface area (Å²) in [6.45, 7) is 0.702. The maximum absolute atomic E-state index is 6.03. The van der Waals surface area contributed by atoms with Crippen LogP contribution in [0.25, 0.3) is 11.3 Å². The molecule has 2 N–H and O–H groups in total. The predicted molar refractivity (Wildman–Crippen MR) is 90.5 cm³/mol. The van der Waals surface area contributed by atoms with Crippen molar-refractivity contribution in [3.8, 4) is 11.3 Å². The van der Waals surface area contributed by atoms with Crippen molar-refractivity contribution in [3.05, 3.63) is 69.8 Å². The molecule has 0 aliphatic heterocycles. The highest BCUT2D eigenvalue weighted by Gasteiger charge is 2.03. The Morgan fingerprint density at radius 2 is 2.05 bits per heavy atom. The first-order valence-corrected chi connectivity index (χ1v) is 7.67. The molecule has 0 atom stereocenters. The van der Waals surface area contributed by atoms with Gasteiger partial charge in [-0.3, -0.25) is 5.10 Å². The molecular weight excluding hydrogens is 350 g/mol. The number of nitrogens with zero attached hydrogens (tertiary/aromatic N) is 1. The van der Waals surface area contributed by atoms with Crippen LogP contribution in [0.5, 0.6) is 0 Å². The molecule has 0 fully saturated rings. The molecule has 2 aromatic carbocycles. The molecule has 1 heterocycles. The molecular formula is C16H13BrClN3. The molecule has 21 heavy (non-hydrogen) atoms. The third kappa shape index (κ3) is 3.46. The summed E-state index contributed by atoms with van der Waals surface area (Å²) < 4.78 is 1.05. The first-order chi connectivity index (χ1) is 10.2. The molecule has 0 saturated carbocycles. The third-order valence-electron chi connectivity index (χ3n) is 3.17. The van der Waals surface area contributed by atoms with Gasteiger partial charge in [-0.15, -0.1) is 0 Å². The standard InChI is InChI=1S/C16H13BrClN3/c17-15-5-4-13(18)8-12(15)10-19-14-3-1-2-11(9-14)16-6-7-20-21-16/h1-9,19H,10H2,(H,20,21). The maximum Gasteiger partial charge on any atom is 0.0650 e. The predicted octanol–water partition coefficient (Wildman–Crippen LogP) is 5.10. The van der Waals surface area contributed by atoms with Gasteiger partial charge in [-0.05, 0) is 42.0 Å². The highest BCUT2D eigenvalue weighted by atomic mass is 79.9. The maximum atomic E-state index is 6.03. The van der Waals surface area contributed by atoms with E-state index in [4.69, 9.17) is 11.6 Å². The molecule has 1 aromatic heterocycles.